The number of hydrogen-bond donors (Lipinski definition) is 1. The molecule has 2 rings (SSSR count). The molecule has 0 saturated carbocycles. The number of para-hydroxylation sites is 1. The summed E-state index contributed by atoms with van der Waals surface area (Å²) in [5.74, 6) is 0.177. The van der Waals surface area contributed by atoms with Crippen LogP contribution in [0.5, 0.6) is 5.75 Å². The zero-order valence-electron chi connectivity index (χ0n) is 9.08. The number of carboxylic acids is 1. The van der Waals surface area contributed by atoms with Gasteiger partial charge in [0.2, 0.25) is 0 Å². The molecule has 0 spiro atoms. The van der Waals surface area contributed by atoms with Crippen LogP contribution in [0.4, 0.5) is 0 Å². The number of benzene rings is 1. The van der Waals surface area contributed by atoms with Gasteiger partial charge in [-0.25, -0.2) is 4.79 Å². The number of ether oxygens (including phenoxy) is 1. The monoisotopic (exact) mass is 234 g/mol. The Morgan fingerprint density at radius 2 is 2.24 bits per heavy atom. The van der Waals surface area contributed by atoms with Crippen molar-refractivity contribution in [1.82, 2.24) is 10.1 Å². The zero-order chi connectivity index (χ0) is 12.3. The van der Waals surface area contributed by atoms with Crippen molar-refractivity contribution in [2.24, 2.45) is 0 Å². The Hall–Kier alpha value is -2.37. The summed E-state index contributed by atoms with van der Waals surface area (Å²) >= 11 is 0. The van der Waals surface area contributed by atoms with Crippen LogP contribution in [0.3, 0.4) is 0 Å². The second-order valence-corrected chi connectivity index (χ2v) is 3.33. The first-order valence-electron chi connectivity index (χ1n) is 4.91. The fourth-order valence-corrected chi connectivity index (χ4v) is 1.32. The highest BCUT2D eigenvalue weighted by Gasteiger charge is 2.12. The number of aryl methyl sites for hydroxylation is 1. The Kier molecular flexibility index (Phi) is 3.04. The van der Waals surface area contributed by atoms with Gasteiger partial charge < -0.3 is 14.4 Å². The molecular weight excluding hydrogens is 224 g/mol. The molecule has 2 aromatic rings. The molecule has 0 atom stereocenters. The van der Waals surface area contributed by atoms with Gasteiger partial charge in [-0.3, -0.25) is 0 Å². The smallest absolute Gasteiger partial charge is 0.341 e. The molecule has 0 fully saturated rings. The highest BCUT2D eigenvalue weighted by Crippen LogP contribution is 2.28. The van der Waals surface area contributed by atoms with E-state index in [1.807, 2.05) is 0 Å². The molecule has 0 bridgehead atoms. The molecule has 0 radical (unpaired) electrons. The molecule has 0 aliphatic rings. The minimum atomic E-state index is -1.04. The van der Waals surface area contributed by atoms with E-state index in [-0.39, 0.29) is 0 Å². The van der Waals surface area contributed by atoms with Crippen molar-refractivity contribution < 1.29 is 19.2 Å². The van der Waals surface area contributed by atoms with E-state index in [1.165, 1.54) is 0 Å². The average Bonchev–Trinajstić information content (AvgIpc) is 2.73. The molecule has 0 aliphatic carbocycles. The standard InChI is InChI=1S/C11H10N2O4/c1-7-12-11(17-13-7)8-4-2-3-5-9(8)16-6-10(14)15/h2-5H,6H2,1H3,(H,14,15). The van der Waals surface area contributed by atoms with Crippen molar-refractivity contribution in [2.75, 3.05) is 6.61 Å². The summed E-state index contributed by atoms with van der Waals surface area (Å²) in [5.41, 5.74) is 0.578. The first-order valence-corrected chi connectivity index (χ1v) is 4.91. The van der Waals surface area contributed by atoms with E-state index in [2.05, 4.69) is 10.1 Å². The summed E-state index contributed by atoms with van der Waals surface area (Å²) in [5, 5.41) is 12.2. The maximum atomic E-state index is 10.4. The summed E-state index contributed by atoms with van der Waals surface area (Å²) in [7, 11) is 0. The van der Waals surface area contributed by atoms with E-state index >= 15 is 0 Å². The largest absolute Gasteiger partial charge is 0.481 e. The molecule has 17 heavy (non-hydrogen) atoms. The van der Waals surface area contributed by atoms with Crippen LogP contribution >= 0.6 is 0 Å². The number of nitrogens with zero attached hydrogens (tertiary/aromatic N) is 2. The van der Waals surface area contributed by atoms with E-state index in [0.717, 1.165) is 0 Å². The van der Waals surface area contributed by atoms with Gasteiger partial charge in [-0.1, -0.05) is 17.3 Å². The van der Waals surface area contributed by atoms with Gasteiger partial charge in [0.15, 0.2) is 12.4 Å². The molecule has 88 valence electrons. The summed E-state index contributed by atoms with van der Waals surface area (Å²) in [6, 6.07) is 6.90. The number of carbonyl (C=O) groups is 1. The lowest BCUT2D eigenvalue weighted by atomic mass is 10.2. The third kappa shape index (κ3) is 2.60. The number of hydrogen-bond acceptors (Lipinski definition) is 5. The molecule has 0 saturated heterocycles. The molecule has 0 unspecified atom stereocenters. The summed E-state index contributed by atoms with van der Waals surface area (Å²) in [4.78, 5) is 14.5. The minimum Gasteiger partial charge on any atom is -0.481 e. The van der Waals surface area contributed by atoms with Gasteiger partial charge in [-0.15, -0.1) is 0 Å². The number of rotatable bonds is 4. The zero-order valence-corrected chi connectivity index (χ0v) is 9.08. The van der Waals surface area contributed by atoms with Crippen molar-refractivity contribution in [3.8, 4) is 17.2 Å². The van der Waals surface area contributed by atoms with Gasteiger partial charge in [-0.2, -0.15) is 4.98 Å². The lowest BCUT2D eigenvalue weighted by molar-refractivity contribution is -0.139. The van der Waals surface area contributed by atoms with Gasteiger partial charge in [0.25, 0.3) is 5.89 Å². The van der Waals surface area contributed by atoms with E-state index in [9.17, 15) is 4.79 Å². The van der Waals surface area contributed by atoms with Crippen molar-refractivity contribution in [3.05, 3.63) is 30.1 Å². The molecule has 1 aromatic heterocycles. The Labute approximate surface area is 96.8 Å². The third-order valence-electron chi connectivity index (χ3n) is 2.00. The second kappa shape index (κ2) is 4.65. The van der Waals surface area contributed by atoms with Crippen LogP contribution in [-0.2, 0) is 4.79 Å². The van der Waals surface area contributed by atoms with E-state index in [0.29, 0.717) is 23.0 Å². The van der Waals surface area contributed by atoms with Crippen LogP contribution in [0, 0.1) is 6.92 Å². The van der Waals surface area contributed by atoms with Crippen LogP contribution < -0.4 is 4.74 Å². The number of aliphatic carboxylic acids is 1. The van der Waals surface area contributed by atoms with Crippen LogP contribution in [0.1, 0.15) is 5.82 Å². The van der Waals surface area contributed by atoms with Gasteiger partial charge in [0, 0.05) is 0 Å². The van der Waals surface area contributed by atoms with Crippen LogP contribution in [0.2, 0.25) is 0 Å². The van der Waals surface area contributed by atoms with E-state index in [4.69, 9.17) is 14.4 Å². The quantitative estimate of drug-likeness (QED) is 0.862. The van der Waals surface area contributed by atoms with Crippen LogP contribution in [0.15, 0.2) is 28.8 Å². The van der Waals surface area contributed by atoms with Crippen molar-refractivity contribution in [3.63, 3.8) is 0 Å². The number of carboxylic acid groups (broad SMARTS) is 1. The topological polar surface area (TPSA) is 85.5 Å². The third-order valence-corrected chi connectivity index (χ3v) is 2.00. The first-order chi connectivity index (χ1) is 8.16. The molecule has 0 aliphatic heterocycles. The molecule has 1 N–H and O–H groups in total. The Morgan fingerprint density at radius 1 is 1.47 bits per heavy atom. The summed E-state index contributed by atoms with van der Waals surface area (Å²) < 4.78 is 10.1. The molecular formula is C11H10N2O4. The van der Waals surface area contributed by atoms with Crippen molar-refractivity contribution in [1.29, 1.82) is 0 Å². The van der Waals surface area contributed by atoms with Crippen LogP contribution in [0.25, 0.3) is 11.5 Å². The van der Waals surface area contributed by atoms with E-state index in [1.54, 1.807) is 31.2 Å². The van der Waals surface area contributed by atoms with E-state index < -0.39 is 12.6 Å². The molecule has 6 heteroatoms. The molecule has 0 amide bonds. The number of aromatic nitrogens is 2. The van der Waals surface area contributed by atoms with Gasteiger partial charge in [0.05, 0.1) is 5.56 Å². The Bertz CT molecular complexity index is 536. The molecule has 1 aromatic carbocycles. The molecule has 6 nitrogen and oxygen atoms in total. The van der Waals surface area contributed by atoms with Gasteiger partial charge >= 0.3 is 5.97 Å². The lowest BCUT2D eigenvalue weighted by Gasteiger charge is -2.06. The molecule has 1 heterocycles. The fraction of sp³-hybridized carbons (Fsp3) is 0.182. The lowest BCUT2D eigenvalue weighted by Crippen LogP contribution is -2.09. The predicted octanol–water partition coefficient (Wildman–Crippen LogP) is 1.51. The fourth-order valence-electron chi connectivity index (χ4n) is 1.32. The van der Waals surface area contributed by atoms with Crippen LogP contribution in [-0.4, -0.2) is 27.8 Å². The normalized spacial score (nSPS) is 10.2. The van der Waals surface area contributed by atoms with Crippen molar-refractivity contribution >= 4 is 5.97 Å². The maximum Gasteiger partial charge on any atom is 0.341 e. The van der Waals surface area contributed by atoms with Gasteiger partial charge in [0.1, 0.15) is 5.75 Å². The maximum absolute atomic E-state index is 10.4. The minimum absolute atomic E-state index is 0.309. The second-order valence-electron chi connectivity index (χ2n) is 3.33. The highest BCUT2D eigenvalue weighted by molar-refractivity contribution is 5.69. The van der Waals surface area contributed by atoms with Gasteiger partial charge in [-0.05, 0) is 19.1 Å². The Morgan fingerprint density at radius 3 is 2.88 bits per heavy atom. The average molecular weight is 234 g/mol. The highest BCUT2D eigenvalue weighted by atomic mass is 16.5. The SMILES string of the molecule is Cc1noc(-c2ccccc2OCC(=O)O)n1. The predicted molar refractivity (Wildman–Crippen MR) is 57.6 cm³/mol. The summed E-state index contributed by atoms with van der Waals surface area (Å²) in [6.45, 7) is 1.29. The van der Waals surface area contributed by atoms with Crippen molar-refractivity contribution in [2.45, 2.75) is 6.92 Å². The summed E-state index contributed by atoms with van der Waals surface area (Å²) in [6.07, 6.45) is 0. The first kappa shape index (κ1) is 11.1. The Balaban J connectivity index is 2.30.